The summed E-state index contributed by atoms with van der Waals surface area (Å²) in [6.07, 6.45) is 4.04. The Kier molecular flexibility index (Phi) is 2.73. The number of nitrogens with zero attached hydrogens (tertiary/aromatic N) is 1. The molecule has 3 heteroatoms. The summed E-state index contributed by atoms with van der Waals surface area (Å²) in [5.41, 5.74) is 2.21. The van der Waals surface area contributed by atoms with E-state index in [1.165, 1.54) is 35.5 Å². The van der Waals surface area contributed by atoms with Gasteiger partial charge in [0.15, 0.2) is 0 Å². The summed E-state index contributed by atoms with van der Waals surface area (Å²) in [4.78, 5) is 1.38. The molecule has 0 bridgehead atoms. The summed E-state index contributed by atoms with van der Waals surface area (Å²) in [6.45, 7) is 0. The zero-order valence-corrected chi connectivity index (χ0v) is 11.3. The maximum Gasteiger partial charge on any atom is 0.0992 e. The van der Waals surface area contributed by atoms with E-state index < -0.39 is 0 Å². The van der Waals surface area contributed by atoms with E-state index in [-0.39, 0.29) is 0 Å². The fraction of sp³-hybridized carbons (Fsp3) is 0.462. The molecule has 82 valence electrons. The molecule has 1 aromatic carbocycles. The summed E-state index contributed by atoms with van der Waals surface area (Å²) in [7, 11) is 0. The first-order chi connectivity index (χ1) is 7.79. The van der Waals surface area contributed by atoms with E-state index in [1.807, 2.05) is 17.8 Å². The van der Waals surface area contributed by atoms with Crippen LogP contribution in [0.1, 0.15) is 36.3 Å². The Morgan fingerprint density at radius 1 is 1.31 bits per heavy atom. The molecule has 1 fully saturated rings. The SMILES string of the molecule is N#Cc1cc(Br)c2c(c1)C(C1CC1)CCS2. The van der Waals surface area contributed by atoms with Crippen LogP contribution in [-0.4, -0.2) is 5.75 Å². The smallest absolute Gasteiger partial charge is 0.0992 e. The van der Waals surface area contributed by atoms with Crippen LogP contribution in [0.3, 0.4) is 0 Å². The fourth-order valence-electron chi connectivity index (χ4n) is 2.54. The topological polar surface area (TPSA) is 23.8 Å². The Morgan fingerprint density at radius 3 is 2.81 bits per heavy atom. The van der Waals surface area contributed by atoms with Crippen LogP contribution in [-0.2, 0) is 0 Å². The second kappa shape index (κ2) is 4.09. The number of hydrogen-bond acceptors (Lipinski definition) is 2. The number of halogens is 1. The van der Waals surface area contributed by atoms with E-state index in [9.17, 15) is 0 Å². The summed E-state index contributed by atoms with van der Waals surface area (Å²) >= 11 is 5.53. The first-order valence-corrected chi connectivity index (χ1v) is 7.44. The number of thioether (sulfide) groups is 1. The second-order valence-electron chi connectivity index (χ2n) is 4.57. The van der Waals surface area contributed by atoms with Crippen LogP contribution in [0.15, 0.2) is 21.5 Å². The van der Waals surface area contributed by atoms with E-state index in [1.54, 1.807) is 0 Å². The van der Waals surface area contributed by atoms with E-state index in [0.29, 0.717) is 5.92 Å². The van der Waals surface area contributed by atoms with Crippen LogP contribution in [0.25, 0.3) is 0 Å². The van der Waals surface area contributed by atoms with Crippen LogP contribution < -0.4 is 0 Å². The van der Waals surface area contributed by atoms with Crippen molar-refractivity contribution in [2.45, 2.75) is 30.1 Å². The Hall–Kier alpha value is -0.460. The molecule has 0 saturated heterocycles. The molecule has 1 unspecified atom stereocenters. The lowest BCUT2D eigenvalue weighted by molar-refractivity contribution is 0.573. The Balaban J connectivity index is 2.10. The minimum atomic E-state index is 0.709. The van der Waals surface area contributed by atoms with Gasteiger partial charge in [-0.05, 0) is 70.5 Å². The second-order valence-corrected chi connectivity index (χ2v) is 6.53. The van der Waals surface area contributed by atoms with Crippen molar-refractivity contribution < 1.29 is 0 Å². The van der Waals surface area contributed by atoms with Crippen LogP contribution >= 0.6 is 27.7 Å². The van der Waals surface area contributed by atoms with Crippen molar-refractivity contribution in [3.63, 3.8) is 0 Å². The highest BCUT2D eigenvalue weighted by molar-refractivity contribution is 9.10. The van der Waals surface area contributed by atoms with Gasteiger partial charge in [0, 0.05) is 9.37 Å². The van der Waals surface area contributed by atoms with Crippen molar-refractivity contribution in [1.29, 1.82) is 5.26 Å². The maximum absolute atomic E-state index is 9.03. The van der Waals surface area contributed by atoms with Gasteiger partial charge in [-0.1, -0.05) is 0 Å². The van der Waals surface area contributed by atoms with E-state index in [0.717, 1.165) is 16.0 Å². The third-order valence-electron chi connectivity index (χ3n) is 3.47. The van der Waals surface area contributed by atoms with Gasteiger partial charge in [-0.15, -0.1) is 11.8 Å². The first-order valence-electron chi connectivity index (χ1n) is 5.66. The Morgan fingerprint density at radius 2 is 2.12 bits per heavy atom. The van der Waals surface area contributed by atoms with Gasteiger partial charge in [-0.25, -0.2) is 0 Å². The van der Waals surface area contributed by atoms with Crippen molar-refractivity contribution in [3.8, 4) is 6.07 Å². The molecule has 0 radical (unpaired) electrons. The van der Waals surface area contributed by atoms with Gasteiger partial charge in [-0.2, -0.15) is 5.26 Å². The molecular formula is C13H12BrNS. The Labute approximate surface area is 108 Å². The van der Waals surface area contributed by atoms with Gasteiger partial charge >= 0.3 is 0 Å². The molecule has 1 aliphatic carbocycles. The summed E-state index contributed by atoms with van der Waals surface area (Å²) in [5.74, 6) is 2.82. The minimum Gasteiger partial charge on any atom is -0.192 e. The highest BCUT2D eigenvalue weighted by atomic mass is 79.9. The van der Waals surface area contributed by atoms with Crippen LogP contribution in [0.4, 0.5) is 0 Å². The van der Waals surface area contributed by atoms with E-state index in [2.05, 4.69) is 28.1 Å². The summed E-state index contributed by atoms with van der Waals surface area (Å²) < 4.78 is 1.11. The molecule has 16 heavy (non-hydrogen) atoms. The lowest BCUT2D eigenvalue weighted by Gasteiger charge is -2.26. The molecule has 1 nitrogen and oxygen atoms in total. The van der Waals surface area contributed by atoms with Gasteiger partial charge in [0.2, 0.25) is 0 Å². The largest absolute Gasteiger partial charge is 0.192 e. The molecule has 0 amide bonds. The monoisotopic (exact) mass is 293 g/mol. The molecule has 1 heterocycles. The predicted octanol–water partition coefficient (Wildman–Crippen LogP) is 4.31. The lowest BCUT2D eigenvalue weighted by Crippen LogP contribution is -2.10. The Bertz CT molecular complexity index is 474. The van der Waals surface area contributed by atoms with E-state index >= 15 is 0 Å². The molecule has 0 N–H and O–H groups in total. The minimum absolute atomic E-state index is 0.709. The predicted molar refractivity (Wildman–Crippen MR) is 69.7 cm³/mol. The van der Waals surface area contributed by atoms with Crippen molar-refractivity contribution in [3.05, 3.63) is 27.7 Å². The van der Waals surface area contributed by atoms with Crippen LogP contribution in [0.2, 0.25) is 0 Å². The zero-order valence-electron chi connectivity index (χ0n) is 8.87. The maximum atomic E-state index is 9.03. The summed E-state index contributed by atoms with van der Waals surface area (Å²) in [5, 5.41) is 9.03. The number of benzene rings is 1. The van der Waals surface area contributed by atoms with Crippen molar-refractivity contribution >= 4 is 27.7 Å². The van der Waals surface area contributed by atoms with Crippen molar-refractivity contribution in [2.24, 2.45) is 5.92 Å². The van der Waals surface area contributed by atoms with Gasteiger partial charge in [0.1, 0.15) is 0 Å². The quantitative estimate of drug-likeness (QED) is 0.770. The fourth-order valence-corrected chi connectivity index (χ4v) is 4.51. The van der Waals surface area contributed by atoms with Crippen LogP contribution in [0.5, 0.6) is 0 Å². The zero-order chi connectivity index (χ0) is 11.1. The molecule has 2 aliphatic rings. The third kappa shape index (κ3) is 1.78. The number of hydrogen-bond donors (Lipinski definition) is 0. The number of nitriles is 1. The lowest BCUT2D eigenvalue weighted by atomic mass is 9.90. The van der Waals surface area contributed by atoms with Crippen molar-refractivity contribution in [1.82, 2.24) is 0 Å². The van der Waals surface area contributed by atoms with Crippen LogP contribution in [0, 0.1) is 17.2 Å². The highest BCUT2D eigenvalue weighted by Crippen LogP contribution is 2.51. The first kappa shape index (κ1) is 10.7. The standard InChI is InChI=1S/C13H12BrNS/c14-12-6-8(7-15)5-11-10(9-1-2-9)3-4-16-13(11)12/h5-6,9-10H,1-4H2. The number of rotatable bonds is 1. The average Bonchev–Trinajstić information content (AvgIpc) is 3.12. The molecule has 1 atom stereocenters. The average molecular weight is 294 g/mol. The third-order valence-corrected chi connectivity index (χ3v) is 5.54. The van der Waals surface area contributed by atoms with Gasteiger partial charge in [0.05, 0.1) is 11.6 Å². The molecular weight excluding hydrogens is 282 g/mol. The molecule has 1 saturated carbocycles. The van der Waals surface area contributed by atoms with Gasteiger partial charge in [-0.3, -0.25) is 0 Å². The molecule has 0 spiro atoms. The van der Waals surface area contributed by atoms with E-state index in [4.69, 9.17) is 5.26 Å². The van der Waals surface area contributed by atoms with Crippen molar-refractivity contribution in [2.75, 3.05) is 5.75 Å². The number of fused-ring (bicyclic) bond motifs is 1. The summed E-state index contributed by atoms with van der Waals surface area (Å²) in [6, 6.07) is 6.31. The highest BCUT2D eigenvalue weighted by Gasteiger charge is 2.35. The molecule has 1 aromatic rings. The van der Waals surface area contributed by atoms with Gasteiger partial charge in [0.25, 0.3) is 0 Å². The molecule has 0 aromatic heterocycles. The molecule has 1 aliphatic heterocycles. The normalized spacial score (nSPS) is 23.6. The van der Waals surface area contributed by atoms with Gasteiger partial charge < -0.3 is 0 Å². The molecule has 3 rings (SSSR count).